The molecule has 3 rings (SSSR count). The van der Waals surface area contributed by atoms with Gasteiger partial charge in [0.25, 0.3) is 0 Å². The van der Waals surface area contributed by atoms with Crippen LogP contribution in [0.5, 0.6) is 0 Å². The van der Waals surface area contributed by atoms with Crippen LogP contribution in [0.15, 0.2) is 0 Å². The number of fused-ring (bicyclic) bond motifs is 2. The Morgan fingerprint density at radius 1 is 1.20 bits per heavy atom. The third-order valence-corrected chi connectivity index (χ3v) is 5.34. The summed E-state index contributed by atoms with van der Waals surface area (Å²) in [4.78, 5) is 25.4. The van der Waals surface area contributed by atoms with Crippen LogP contribution in [0.2, 0.25) is 0 Å². The van der Waals surface area contributed by atoms with E-state index in [4.69, 9.17) is 0 Å². The second kappa shape index (κ2) is 5.24. The van der Waals surface area contributed by atoms with Gasteiger partial charge in [-0.3, -0.25) is 4.79 Å². The first kappa shape index (κ1) is 13.7. The van der Waals surface area contributed by atoms with E-state index in [1.165, 1.54) is 0 Å². The molecule has 1 saturated heterocycles. The van der Waals surface area contributed by atoms with E-state index in [9.17, 15) is 19.8 Å². The molecule has 0 aromatic carbocycles. The van der Waals surface area contributed by atoms with Crippen molar-refractivity contribution in [1.29, 1.82) is 0 Å². The largest absolute Gasteiger partial charge is 0.481 e. The van der Waals surface area contributed by atoms with E-state index in [1.54, 1.807) is 4.90 Å². The third-order valence-electron chi connectivity index (χ3n) is 5.34. The number of aliphatic hydroxyl groups is 1. The first-order valence-corrected chi connectivity index (χ1v) is 7.52. The Bertz CT molecular complexity index is 414. The molecule has 2 saturated carbocycles. The average molecular weight is 282 g/mol. The standard InChI is InChI=1S/C14H22N2O4/c17-7-10-2-1-5-16(10)14(20)15-12-9-4-3-8(6-9)11(12)13(18)19/h8-12,17H,1-7H2,(H,15,20)(H,18,19). The fraction of sp³-hybridized carbons (Fsp3) is 0.857. The molecule has 112 valence electrons. The number of hydrogen-bond donors (Lipinski definition) is 3. The number of amides is 2. The van der Waals surface area contributed by atoms with Crippen LogP contribution in [-0.2, 0) is 4.79 Å². The van der Waals surface area contributed by atoms with Crippen molar-refractivity contribution < 1.29 is 19.8 Å². The molecule has 3 fully saturated rings. The number of carboxylic acids is 1. The molecule has 0 radical (unpaired) electrons. The number of urea groups is 1. The van der Waals surface area contributed by atoms with Gasteiger partial charge >= 0.3 is 12.0 Å². The minimum atomic E-state index is -0.789. The van der Waals surface area contributed by atoms with Crippen molar-refractivity contribution in [2.24, 2.45) is 17.8 Å². The zero-order valence-corrected chi connectivity index (χ0v) is 11.5. The highest BCUT2D eigenvalue weighted by atomic mass is 16.4. The number of hydrogen-bond acceptors (Lipinski definition) is 3. The number of carbonyl (C=O) groups is 2. The second-order valence-corrected chi connectivity index (χ2v) is 6.34. The predicted molar refractivity (Wildman–Crippen MR) is 71.1 cm³/mol. The molecule has 3 N–H and O–H groups in total. The van der Waals surface area contributed by atoms with Crippen LogP contribution in [0.25, 0.3) is 0 Å². The number of carboxylic acid groups (broad SMARTS) is 1. The quantitative estimate of drug-likeness (QED) is 0.709. The van der Waals surface area contributed by atoms with Crippen molar-refractivity contribution in [3.63, 3.8) is 0 Å². The maximum Gasteiger partial charge on any atom is 0.317 e. The van der Waals surface area contributed by atoms with E-state index in [0.29, 0.717) is 12.5 Å². The van der Waals surface area contributed by atoms with Crippen LogP contribution in [0.3, 0.4) is 0 Å². The molecular formula is C14H22N2O4. The molecule has 6 heteroatoms. The molecule has 6 nitrogen and oxygen atoms in total. The van der Waals surface area contributed by atoms with E-state index in [2.05, 4.69) is 5.32 Å². The number of carbonyl (C=O) groups excluding carboxylic acids is 1. The van der Waals surface area contributed by atoms with Crippen molar-refractivity contribution in [2.75, 3.05) is 13.2 Å². The molecule has 3 aliphatic rings. The maximum atomic E-state index is 12.3. The predicted octanol–water partition coefficient (Wildman–Crippen LogP) is 0.652. The zero-order chi connectivity index (χ0) is 14.3. The van der Waals surface area contributed by atoms with Crippen LogP contribution < -0.4 is 5.32 Å². The number of aliphatic hydroxyl groups excluding tert-OH is 1. The molecule has 1 heterocycles. The minimum Gasteiger partial charge on any atom is -0.481 e. The van der Waals surface area contributed by atoms with E-state index >= 15 is 0 Å². The Kier molecular flexibility index (Phi) is 3.58. The molecular weight excluding hydrogens is 260 g/mol. The van der Waals surface area contributed by atoms with Gasteiger partial charge in [0.1, 0.15) is 0 Å². The summed E-state index contributed by atoms with van der Waals surface area (Å²) in [6.07, 6.45) is 4.63. The van der Waals surface area contributed by atoms with Crippen molar-refractivity contribution in [1.82, 2.24) is 10.2 Å². The van der Waals surface area contributed by atoms with Gasteiger partial charge in [0, 0.05) is 12.6 Å². The third kappa shape index (κ3) is 2.16. The molecule has 2 amide bonds. The van der Waals surface area contributed by atoms with E-state index in [1.807, 2.05) is 0 Å². The van der Waals surface area contributed by atoms with Gasteiger partial charge in [-0.1, -0.05) is 0 Å². The highest BCUT2D eigenvalue weighted by molar-refractivity contribution is 5.78. The number of likely N-dealkylation sites (tertiary alicyclic amines) is 1. The second-order valence-electron chi connectivity index (χ2n) is 6.34. The van der Waals surface area contributed by atoms with Crippen LogP contribution in [-0.4, -0.2) is 52.3 Å². The van der Waals surface area contributed by atoms with Gasteiger partial charge in [0.2, 0.25) is 0 Å². The summed E-state index contributed by atoms with van der Waals surface area (Å²) in [6.45, 7) is 0.627. The molecule has 20 heavy (non-hydrogen) atoms. The zero-order valence-electron chi connectivity index (χ0n) is 11.5. The number of rotatable bonds is 3. The number of nitrogens with zero attached hydrogens (tertiary/aromatic N) is 1. The average Bonchev–Trinajstić information content (AvgIpc) is 3.12. The SMILES string of the molecule is O=C(O)C1C2CCC(C2)C1NC(=O)N1CCCC1CO. The molecule has 1 aliphatic heterocycles. The Hall–Kier alpha value is -1.30. The van der Waals surface area contributed by atoms with Gasteiger partial charge in [-0.25, -0.2) is 4.79 Å². The van der Waals surface area contributed by atoms with Gasteiger partial charge in [0.05, 0.1) is 18.6 Å². The van der Waals surface area contributed by atoms with Crippen LogP contribution >= 0.6 is 0 Å². The highest BCUT2D eigenvalue weighted by Gasteiger charge is 2.52. The lowest BCUT2D eigenvalue weighted by Gasteiger charge is -2.32. The molecule has 5 atom stereocenters. The molecule has 2 aliphatic carbocycles. The van der Waals surface area contributed by atoms with Crippen LogP contribution in [0.4, 0.5) is 4.79 Å². The summed E-state index contributed by atoms with van der Waals surface area (Å²) in [5, 5.41) is 21.6. The topological polar surface area (TPSA) is 89.9 Å². The van der Waals surface area contributed by atoms with Crippen LogP contribution in [0, 0.1) is 17.8 Å². The number of nitrogens with one attached hydrogen (secondary N) is 1. The summed E-state index contributed by atoms with van der Waals surface area (Å²) < 4.78 is 0. The molecule has 0 aromatic heterocycles. The molecule has 0 aromatic rings. The summed E-state index contributed by atoms with van der Waals surface area (Å²) in [6, 6.07) is -0.555. The lowest BCUT2D eigenvalue weighted by molar-refractivity contribution is -0.144. The Labute approximate surface area is 118 Å². The minimum absolute atomic E-state index is 0.0213. The summed E-state index contributed by atoms with van der Waals surface area (Å²) >= 11 is 0. The van der Waals surface area contributed by atoms with Crippen molar-refractivity contribution in [3.05, 3.63) is 0 Å². The van der Waals surface area contributed by atoms with Gasteiger partial charge in [-0.2, -0.15) is 0 Å². The normalized spacial score (nSPS) is 39.2. The lowest BCUT2D eigenvalue weighted by Crippen LogP contribution is -2.52. The molecule has 5 unspecified atom stereocenters. The number of aliphatic carboxylic acids is 1. The van der Waals surface area contributed by atoms with Gasteiger partial charge in [-0.15, -0.1) is 0 Å². The fourth-order valence-corrected chi connectivity index (χ4v) is 4.37. The molecule has 2 bridgehead atoms. The van der Waals surface area contributed by atoms with Gasteiger partial charge in [0.15, 0.2) is 0 Å². The van der Waals surface area contributed by atoms with Gasteiger partial charge < -0.3 is 20.4 Å². The first-order chi connectivity index (χ1) is 9.61. The van der Waals surface area contributed by atoms with E-state index < -0.39 is 11.9 Å². The van der Waals surface area contributed by atoms with Gasteiger partial charge in [-0.05, 0) is 43.9 Å². The van der Waals surface area contributed by atoms with E-state index in [-0.39, 0.29) is 30.6 Å². The Balaban J connectivity index is 1.67. The smallest absolute Gasteiger partial charge is 0.317 e. The van der Waals surface area contributed by atoms with Crippen LogP contribution in [0.1, 0.15) is 32.1 Å². The highest BCUT2D eigenvalue weighted by Crippen LogP contribution is 2.48. The maximum absolute atomic E-state index is 12.3. The summed E-state index contributed by atoms with van der Waals surface area (Å²) in [5.74, 6) is -0.703. The Morgan fingerprint density at radius 2 is 1.95 bits per heavy atom. The first-order valence-electron chi connectivity index (χ1n) is 7.52. The fourth-order valence-electron chi connectivity index (χ4n) is 4.37. The monoisotopic (exact) mass is 282 g/mol. The molecule has 0 spiro atoms. The Morgan fingerprint density at radius 3 is 2.65 bits per heavy atom. The van der Waals surface area contributed by atoms with Crippen molar-refractivity contribution in [2.45, 2.75) is 44.2 Å². The lowest BCUT2D eigenvalue weighted by atomic mass is 9.84. The summed E-state index contributed by atoms with van der Waals surface area (Å²) in [7, 11) is 0. The summed E-state index contributed by atoms with van der Waals surface area (Å²) in [5.41, 5.74) is 0. The van der Waals surface area contributed by atoms with E-state index in [0.717, 1.165) is 32.1 Å². The van der Waals surface area contributed by atoms with Crippen molar-refractivity contribution in [3.8, 4) is 0 Å². The van der Waals surface area contributed by atoms with Crippen molar-refractivity contribution >= 4 is 12.0 Å².